The number of pyridine rings is 1. The molecule has 3 nitrogen and oxygen atoms in total. The number of hydrogen-bond acceptors (Lipinski definition) is 2. The summed E-state index contributed by atoms with van der Waals surface area (Å²) in [5.41, 5.74) is 3.37. The second-order valence-electron chi connectivity index (χ2n) is 5.04. The minimum absolute atomic E-state index is 0.0587. The molecule has 2 aromatic carbocycles. The van der Waals surface area contributed by atoms with Crippen LogP contribution in [0.4, 0.5) is 0 Å². The molecule has 0 saturated heterocycles. The van der Waals surface area contributed by atoms with E-state index in [0.29, 0.717) is 13.2 Å². The third-order valence-electron chi connectivity index (χ3n) is 3.95. The molecule has 0 N–H and O–H groups in total. The molecule has 0 atom stereocenters. The number of ether oxygens (including phenoxy) is 1. The molecular weight excluding hydrogens is 238 g/mol. The number of rotatable bonds is 0. The van der Waals surface area contributed by atoms with Crippen LogP contribution >= 0.6 is 0 Å². The van der Waals surface area contributed by atoms with Crippen LogP contribution in [0.5, 0.6) is 0 Å². The van der Waals surface area contributed by atoms with E-state index in [0.717, 1.165) is 27.2 Å². The van der Waals surface area contributed by atoms with Gasteiger partial charge in [0.25, 0.3) is 5.56 Å². The van der Waals surface area contributed by atoms with Crippen LogP contribution in [-0.2, 0) is 25.0 Å². The van der Waals surface area contributed by atoms with Crippen molar-refractivity contribution in [2.24, 2.45) is 7.05 Å². The van der Waals surface area contributed by atoms with E-state index >= 15 is 0 Å². The Morgan fingerprint density at radius 2 is 1.68 bits per heavy atom. The molecule has 0 radical (unpaired) electrons. The van der Waals surface area contributed by atoms with Gasteiger partial charge in [0, 0.05) is 17.8 Å². The minimum Gasteiger partial charge on any atom is -0.372 e. The van der Waals surface area contributed by atoms with Gasteiger partial charge in [-0.3, -0.25) is 4.79 Å². The van der Waals surface area contributed by atoms with E-state index < -0.39 is 0 Å². The Morgan fingerprint density at radius 3 is 2.47 bits per heavy atom. The van der Waals surface area contributed by atoms with Gasteiger partial charge in [0.15, 0.2) is 0 Å². The van der Waals surface area contributed by atoms with Crippen LogP contribution in [-0.4, -0.2) is 4.57 Å². The summed E-state index contributed by atoms with van der Waals surface area (Å²) >= 11 is 0. The quantitative estimate of drug-likeness (QED) is 0.575. The fourth-order valence-electron chi connectivity index (χ4n) is 2.91. The number of hydrogen-bond donors (Lipinski definition) is 0. The van der Waals surface area contributed by atoms with Gasteiger partial charge in [-0.2, -0.15) is 0 Å². The molecule has 0 unspecified atom stereocenters. The van der Waals surface area contributed by atoms with Crippen molar-refractivity contribution in [2.45, 2.75) is 13.2 Å². The zero-order valence-electron chi connectivity index (χ0n) is 10.6. The summed E-state index contributed by atoms with van der Waals surface area (Å²) in [6.07, 6.45) is 0. The van der Waals surface area contributed by atoms with Crippen molar-refractivity contribution in [3.8, 4) is 0 Å². The zero-order valence-corrected chi connectivity index (χ0v) is 10.6. The highest BCUT2D eigenvalue weighted by molar-refractivity contribution is 6.06. The van der Waals surface area contributed by atoms with Gasteiger partial charge in [0.1, 0.15) is 0 Å². The molecule has 1 aromatic heterocycles. The molecule has 1 aliphatic rings. The highest BCUT2D eigenvalue weighted by Crippen LogP contribution is 2.28. The Labute approximate surface area is 110 Å². The first-order valence-corrected chi connectivity index (χ1v) is 6.37. The fourth-order valence-corrected chi connectivity index (χ4v) is 2.91. The van der Waals surface area contributed by atoms with Crippen LogP contribution in [0.25, 0.3) is 21.7 Å². The Balaban J connectivity index is 2.30. The van der Waals surface area contributed by atoms with Gasteiger partial charge in [-0.1, -0.05) is 18.2 Å². The van der Waals surface area contributed by atoms with E-state index in [-0.39, 0.29) is 5.56 Å². The molecule has 1 aliphatic heterocycles. The van der Waals surface area contributed by atoms with Crippen LogP contribution in [0, 0.1) is 0 Å². The molecule has 3 heteroatoms. The molecule has 0 amide bonds. The van der Waals surface area contributed by atoms with Crippen molar-refractivity contribution in [1.29, 1.82) is 0 Å². The topological polar surface area (TPSA) is 31.2 Å². The van der Waals surface area contributed by atoms with Crippen molar-refractivity contribution in [1.82, 2.24) is 4.57 Å². The molecule has 0 fully saturated rings. The van der Waals surface area contributed by atoms with Crippen molar-refractivity contribution in [3.05, 3.63) is 57.9 Å². The van der Waals surface area contributed by atoms with Crippen LogP contribution in [0.15, 0.2) is 41.2 Å². The van der Waals surface area contributed by atoms with Crippen molar-refractivity contribution >= 4 is 21.7 Å². The molecular formula is C16H13NO2. The predicted octanol–water partition coefficient (Wildman–Crippen LogP) is 2.72. The number of para-hydroxylation sites is 1. The van der Waals surface area contributed by atoms with Gasteiger partial charge in [0.05, 0.1) is 18.7 Å². The Bertz CT molecular complexity index is 877. The lowest BCUT2D eigenvalue weighted by Gasteiger charge is -2.10. The summed E-state index contributed by atoms with van der Waals surface area (Å²) in [5, 5.41) is 2.93. The van der Waals surface area contributed by atoms with Gasteiger partial charge in [-0.15, -0.1) is 0 Å². The number of fused-ring (bicyclic) bond motifs is 4. The zero-order chi connectivity index (χ0) is 13.0. The molecule has 2 heterocycles. The minimum atomic E-state index is 0.0587. The van der Waals surface area contributed by atoms with E-state index in [2.05, 4.69) is 12.1 Å². The fraction of sp³-hybridized carbons (Fsp3) is 0.188. The maximum atomic E-state index is 12.5. The molecule has 4 rings (SSSR count). The van der Waals surface area contributed by atoms with Gasteiger partial charge in [-0.05, 0) is 34.7 Å². The number of nitrogens with zero attached hydrogens (tertiary/aromatic N) is 1. The van der Waals surface area contributed by atoms with Gasteiger partial charge in [-0.25, -0.2) is 0 Å². The van der Waals surface area contributed by atoms with Crippen molar-refractivity contribution in [2.75, 3.05) is 0 Å². The monoisotopic (exact) mass is 251 g/mol. The molecule has 0 saturated carbocycles. The SMILES string of the molecule is Cn1c(=O)c2cc3c(cc2c2ccccc21)COC3. The largest absolute Gasteiger partial charge is 0.372 e. The third-order valence-corrected chi connectivity index (χ3v) is 3.95. The first-order chi connectivity index (χ1) is 9.25. The molecule has 3 aromatic rings. The summed E-state index contributed by atoms with van der Waals surface area (Å²) in [6, 6.07) is 12.1. The summed E-state index contributed by atoms with van der Waals surface area (Å²) in [6.45, 7) is 1.26. The van der Waals surface area contributed by atoms with Crippen molar-refractivity contribution in [3.63, 3.8) is 0 Å². The number of aromatic nitrogens is 1. The predicted molar refractivity (Wildman–Crippen MR) is 75.2 cm³/mol. The highest BCUT2D eigenvalue weighted by atomic mass is 16.5. The maximum Gasteiger partial charge on any atom is 0.258 e. The molecule has 0 spiro atoms. The standard InChI is InChI=1S/C16H13NO2/c1-17-15-5-3-2-4-12(15)13-6-10-8-19-9-11(10)7-14(13)16(17)18/h2-7H,8-9H2,1H3. The number of aryl methyl sites for hydroxylation is 1. The second kappa shape index (κ2) is 3.68. The van der Waals surface area contributed by atoms with E-state index in [9.17, 15) is 4.79 Å². The first-order valence-electron chi connectivity index (χ1n) is 6.37. The van der Waals surface area contributed by atoms with Crippen LogP contribution in [0.2, 0.25) is 0 Å². The maximum absolute atomic E-state index is 12.5. The van der Waals surface area contributed by atoms with Gasteiger partial charge in [0.2, 0.25) is 0 Å². The van der Waals surface area contributed by atoms with Gasteiger partial charge >= 0.3 is 0 Å². The lowest BCUT2D eigenvalue weighted by molar-refractivity contribution is 0.134. The van der Waals surface area contributed by atoms with Crippen molar-refractivity contribution < 1.29 is 4.74 Å². The molecule has 19 heavy (non-hydrogen) atoms. The molecule has 94 valence electrons. The summed E-state index contributed by atoms with van der Waals surface area (Å²) < 4.78 is 7.18. The van der Waals surface area contributed by atoms with E-state index in [1.165, 1.54) is 5.56 Å². The van der Waals surface area contributed by atoms with Crippen LogP contribution in [0.3, 0.4) is 0 Å². The third kappa shape index (κ3) is 1.39. The summed E-state index contributed by atoms with van der Waals surface area (Å²) in [5.74, 6) is 0. The van der Waals surface area contributed by atoms with Gasteiger partial charge < -0.3 is 9.30 Å². The van der Waals surface area contributed by atoms with Crippen LogP contribution < -0.4 is 5.56 Å². The van der Waals surface area contributed by atoms with E-state index in [4.69, 9.17) is 4.74 Å². The Hall–Kier alpha value is -2.13. The Kier molecular flexibility index (Phi) is 2.09. The van der Waals surface area contributed by atoms with Crippen LogP contribution in [0.1, 0.15) is 11.1 Å². The van der Waals surface area contributed by atoms with E-state index in [1.54, 1.807) is 4.57 Å². The average Bonchev–Trinajstić information content (AvgIpc) is 2.90. The summed E-state index contributed by atoms with van der Waals surface area (Å²) in [4.78, 5) is 12.5. The normalized spacial score (nSPS) is 14.2. The average molecular weight is 251 g/mol. The van der Waals surface area contributed by atoms with E-state index in [1.807, 2.05) is 31.3 Å². The first kappa shape index (κ1) is 10.8. The smallest absolute Gasteiger partial charge is 0.258 e. The summed E-state index contributed by atoms with van der Waals surface area (Å²) in [7, 11) is 1.83. The Morgan fingerprint density at radius 1 is 1.00 bits per heavy atom. The lowest BCUT2D eigenvalue weighted by atomic mass is 10.0. The highest BCUT2D eigenvalue weighted by Gasteiger charge is 2.15. The molecule has 0 aliphatic carbocycles. The second-order valence-corrected chi connectivity index (χ2v) is 5.04. The molecule has 0 bridgehead atoms. The lowest BCUT2D eigenvalue weighted by Crippen LogP contribution is -2.17. The number of benzene rings is 2.